The number of hydrogen-bond donors (Lipinski definition) is 1. The average molecular weight is 234 g/mol. The minimum atomic E-state index is -0.991. The van der Waals surface area contributed by atoms with Crippen LogP contribution in [0, 0.1) is 0 Å². The fourth-order valence-corrected chi connectivity index (χ4v) is 0.700. The Labute approximate surface area is 96.7 Å². The molecule has 0 aromatic rings. The maximum atomic E-state index is 10.4. The van der Waals surface area contributed by atoms with Gasteiger partial charge < -0.3 is 14.6 Å². The fourth-order valence-electron chi connectivity index (χ4n) is 0.700. The molecule has 0 aliphatic rings. The van der Waals surface area contributed by atoms with Crippen LogP contribution in [0.3, 0.4) is 0 Å². The summed E-state index contributed by atoms with van der Waals surface area (Å²) in [6.45, 7) is 7.66. The Morgan fingerprint density at radius 3 is 1.88 bits per heavy atom. The van der Waals surface area contributed by atoms with Gasteiger partial charge in [-0.2, -0.15) is 0 Å². The third-order valence-corrected chi connectivity index (χ3v) is 1.39. The summed E-state index contributed by atoms with van der Waals surface area (Å²) in [5, 5.41) is 8.48. The molecule has 1 unspecified atom stereocenters. The van der Waals surface area contributed by atoms with Crippen molar-refractivity contribution in [1.29, 1.82) is 0 Å². The van der Waals surface area contributed by atoms with Crippen LogP contribution in [0.25, 0.3) is 0 Å². The van der Waals surface area contributed by atoms with Crippen LogP contribution in [0.5, 0.6) is 0 Å². The van der Waals surface area contributed by atoms with Crippen LogP contribution in [0.1, 0.15) is 40.5 Å². The number of aliphatic hydroxyl groups is 1. The first kappa shape index (κ1) is 17.3. The van der Waals surface area contributed by atoms with Gasteiger partial charge in [0.05, 0.1) is 13.2 Å². The van der Waals surface area contributed by atoms with Crippen molar-refractivity contribution >= 4 is 11.9 Å². The average Bonchev–Trinajstić information content (AvgIpc) is 2.19. The van der Waals surface area contributed by atoms with Gasteiger partial charge >= 0.3 is 11.9 Å². The summed E-state index contributed by atoms with van der Waals surface area (Å²) in [5.41, 5.74) is 0. The summed E-state index contributed by atoms with van der Waals surface area (Å²) >= 11 is 0. The first-order valence-corrected chi connectivity index (χ1v) is 5.49. The normalized spacial score (nSPS) is 10.8. The summed E-state index contributed by atoms with van der Waals surface area (Å²) < 4.78 is 9.06. The number of hydrogen-bond acceptors (Lipinski definition) is 5. The standard InChI is InChI=1S/C6H12O2.C5H10O3/c1-3-5-6(7)8-4-2;1-3-8-5(7)4(2)6/h3-5H2,1-2H3;4,6H,3H2,1-2H3. The van der Waals surface area contributed by atoms with E-state index in [0.29, 0.717) is 19.6 Å². The first-order valence-electron chi connectivity index (χ1n) is 5.49. The Kier molecular flexibility index (Phi) is 12.9. The molecule has 96 valence electrons. The van der Waals surface area contributed by atoms with Crippen molar-refractivity contribution in [3.05, 3.63) is 0 Å². The minimum absolute atomic E-state index is 0.0880. The van der Waals surface area contributed by atoms with Crippen LogP contribution < -0.4 is 0 Å². The zero-order chi connectivity index (χ0) is 13.0. The molecule has 5 nitrogen and oxygen atoms in total. The van der Waals surface area contributed by atoms with E-state index >= 15 is 0 Å². The topological polar surface area (TPSA) is 72.8 Å². The van der Waals surface area contributed by atoms with Crippen LogP contribution in [0.2, 0.25) is 0 Å². The summed E-state index contributed by atoms with van der Waals surface area (Å²) in [7, 11) is 0. The van der Waals surface area contributed by atoms with Gasteiger partial charge in [0.15, 0.2) is 0 Å². The van der Waals surface area contributed by atoms with Gasteiger partial charge in [0.1, 0.15) is 6.10 Å². The summed E-state index contributed by atoms with van der Waals surface area (Å²) in [5.74, 6) is -0.650. The lowest BCUT2D eigenvalue weighted by atomic mass is 10.3. The van der Waals surface area contributed by atoms with Crippen molar-refractivity contribution in [2.75, 3.05) is 13.2 Å². The predicted octanol–water partition coefficient (Wildman–Crippen LogP) is 1.28. The lowest BCUT2D eigenvalue weighted by Crippen LogP contribution is -2.18. The zero-order valence-corrected chi connectivity index (χ0v) is 10.5. The van der Waals surface area contributed by atoms with Gasteiger partial charge in [-0.05, 0) is 27.2 Å². The summed E-state index contributed by atoms with van der Waals surface area (Å²) in [6.07, 6.45) is 0.432. The van der Waals surface area contributed by atoms with Crippen LogP contribution in [0.15, 0.2) is 0 Å². The van der Waals surface area contributed by atoms with Gasteiger partial charge in [-0.15, -0.1) is 0 Å². The second kappa shape index (κ2) is 12.0. The molecule has 1 N–H and O–H groups in total. The van der Waals surface area contributed by atoms with Gasteiger partial charge in [-0.3, -0.25) is 4.79 Å². The second-order valence-electron chi connectivity index (χ2n) is 2.98. The SMILES string of the molecule is CCCC(=O)OCC.CCOC(=O)C(C)O. The third kappa shape index (κ3) is 12.9. The number of carbonyl (C=O) groups is 2. The molecule has 0 saturated heterocycles. The smallest absolute Gasteiger partial charge is 0.334 e. The number of esters is 2. The Balaban J connectivity index is 0. The summed E-state index contributed by atoms with van der Waals surface area (Å²) in [6, 6.07) is 0. The summed E-state index contributed by atoms with van der Waals surface area (Å²) in [4.78, 5) is 20.7. The highest BCUT2D eigenvalue weighted by Gasteiger charge is 2.07. The quantitative estimate of drug-likeness (QED) is 0.725. The van der Waals surface area contributed by atoms with E-state index in [2.05, 4.69) is 9.47 Å². The molecule has 0 aliphatic heterocycles. The van der Waals surface area contributed by atoms with Gasteiger partial charge in [0.2, 0.25) is 0 Å². The number of rotatable bonds is 5. The molecule has 0 aromatic carbocycles. The lowest BCUT2D eigenvalue weighted by molar-refractivity contribution is -0.152. The van der Waals surface area contributed by atoms with Gasteiger partial charge in [-0.25, -0.2) is 4.79 Å². The predicted molar refractivity (Wildman–Crippen MR) is 59.9 cm³/mol. The molecule has 0 saturated carbocycles. The monoisotopic (exact) mass is 234 g/mol. The van der Waals surface area contributed by atoms with Gasteiger partial charge in [0.25, 0.3) is 0 Å². The Hall–Kier alpha value is -1.10. The Morgan fingerprint density at radius 2 is 1.62 bits per heavy atom. The van der Waals surface area contributed by atoms with Crippen LogP contribution >= 0.6 is 0 Å². The van der Waals surface area contributed by atoms with Crippen LogP contribution in [0.4, 0.5) is 0 Å². The van der Waals surface area contributed by atoms with E-state index in [0.717, 1.165) is 6.42 Å². The molecule has 0 aromatic heterocycles. The number of aliphatic hydroxyl groups excluding tert-OH is 1. The molecular formula is C11H22O5. The highest BCUT2D eigenvalue weighted by atomic mass is 16.5. The minimum Gasteiger partial charge on any atom is -0.466 e. The van der Waals surface area contributed by atoms with Crippen molar-refractivity contribution in [3.8, 4) is 0 Å². The van der Waals surface area contributed by atoms with Gasteiger partial charge in [0, 0.05) is 6.42 Å². The molecule has 0 spiro atoms. The molecule has 0 amide bonds. The van der Waals surface area contributed by atoms with Crippen molar-refractivity contribution in [2.24, 2.45) is 0 Å². The van der Waals surface area contributed by atoms with E-state index in [1.807, 2.05) is 13.8 Å². The fraction of sp³-hybridized carbons (Fsp3) is 0.818. The largest absolute Gasteiger partial charge is 0.466 e. The number of ether oxygens (including phenoxy) is 2. The van der Waals surface area contributed by atoms with Gasteiger partial charge in [-0.1, -0.05) is 6.92 Å². The van der Waals surface area contributed by atoms with Crippen molar-refractivity contribution < 1.29 is 24.2 Å². The Morgan fingerprint density at radius 1 is 1.12 bits per heavy atom. The third-order valence-electron chi connectivity index (χ3n) is 1.39. The zero-order valence-electron chi connectivity index (χ0n) is 10.5. The van der Waals surface area contributed by atoms with E-state index in [1.54, 1.807) is 6.92 Å². The molecule has 1 atom stereocenters. The molecule has 0 heterocycles. The van der Waals surface area contributed by atoms with E-state index in [9.17, 15) is 9.59 Å². The van der Waals surface area contributed by atoms with E-state index in [-0.39, 0.29) is 5.97 Å². The van der Waals surface area contributed by atoms with Crippen molar-refractivity contribution in [3.63, 3.8) is 0 Å². The Bertz CT molecular complexity index is 181. The maximum absolute atomic E-state index is 10.4. The van der Waals surface area contributed by atoms with E-state index in [4.69, 9.17) is 5.11 Å². The molecule has 0 radical (unpaired) electrons. The number of carbonyl (C=O) groups excluding carboxylic acids is 2. The van der Waals surface area contributed by atoms with Crippen molar-refractivity contribution in [1.82, 2.24) is 0 Å². The molecule has 5 heteroatoms. The molecule has 0 rings (SSSR count). The van der Waals surface area contributed by atoms with E-state index in [1.165, 1.54) is 6.92 Å². The highest BCUT2D eigenvalue weighted by Crippen LogP contribution is 1.89. The molecule has 0 bridgehead atoms. The van der Waals surface area contributed by atoms with Crippen LogP contribution in [-0.4, -0.2) is 36.4 Å². The highest BCUT2D eigenvalue weighted by molar-refractivity contribution is 5.73. The molecular weight excluding hydrogens is 212 g/mol. The maximum Gasteiger partial charge on any atom is 0.334 e. The molecule has 0 aliphatic carbocycles. The van der Waals surface area contributed by atoms with E-state index < -0.39 is 12.1 Å². The van der Waals surface area contributed by atoms with Crippen LogP contribution in [-0.2, 0) is 19.1 Å². The second-order valence-corrected chi connectivity index (χ2v) is 2.98. The molecule has 16 heavy (non-hydrogen) atoms. The van der Waals surface area contributed by atoms with Crippen molar-refractivity contribution in [2.45, 2.75) is 46.6 Å². The first-order chi connectivity index (χ1) is 7.49. The molecule has 0 fully saturated rings. The lowest BCUT2D eigenvalue weighted by Gasteiger charge is -2.01.